The van der Waals surface area contributed by atoms with E-state index in [0.717, 1.165) is 12.4 Å². The Kier molecular flexibility index (Phi) is 2.80. The standard InChI is InChI=1S/C15H19N5/c1-19(10-15-16-17-18-20(15)12-7-8-12)14-9-6-11-4-2-3-5-13(11)14/h2-5,12,14H,6-10H2,1H3/t14-/m0/s1. The molecule has 5 nitrogen and oxygen atoms in total. The maximum absolute atomic E-state index is 4.20. The first-order valence-corrected chi connectivity index (χ1v) is 7.37. The molecule has 0 N–H and O–H groups in total. The Morgan fingerprint density at radius 3 is 2.95 bits per heavy atom. The summed E-state index contributed by atoms with van der Waals surface area (Å²) in [7, 11) is 2.18. The van der Waals surface area contributed by atoms with Crippen molar-refractivity contribution in [2.75, 3.05) is 7.05 Å². The molecule has 1 saturated carbocycles. The van der Waals surface area contributed by atoms with E-state index in [1.165, 1.54) is 36.8 Å². The number of hydrogen-bond donors (Lipinski definition) is 0. The van der Waals surface area contributed by atoms with E-state index in [4.69, 9.17) is 0 Å². The van der Waals surface area contributed by atoms with Crippen LogP contribution in [0.2, 0.25) is 0 Å². The van der Waals surface area contributed by atoms with Crippen LogP contribution >= 0.6 is 0 Å². The van der Waals surface area contributed by atoms with E-state index in [2.05, 4.69) is 51.7 Å². The van der Waals surface area contributed by atoms with E-state index >= 15 is 0 Å². The van der Waals surface area contributed by atoms with Crippen LogP contribution in [0.5, 0.6) is 0 Å². The maximum atomic E-state index is 4.20. The highest BCUT2D eigenvalue weighted by Crippen LogP contribution is 2.37. The summed E-state index contributed by atoms with van der Waals surface area (Å²) in [4.78, 5) is 2.39. The zero-order valence-electron chi connectivity index (χ0n) is 11.7. The predicted octanol–water partition coefficient (Wildman–Crippen LogP) is 2.13. The quantitative estimate of drug-likeness (QED) is 0.853. The number of benzene rings is 1. The van der Waals surface area contributed by atoms with Crippen molar-refractivity contribution >= 4 is 0 Å². The van der Waals surface area contributed by atoms with E-state index < -0.39 is 0 Å². The molecule has 1 fully saturated rings. The van der Waals surface area contributed by atoms with Crippen molar-refractivity contribution in [2.24, 2.45) is 0 Å². The van der Waals surface area contributed by atoms with Crippen LogP contribution in [0.3, 0.4) is 0 Å². The van der Waals surface area contributed by atoms with Gasteiger partial charge in [-0.25, -0.2) is 4.68 Å². The SMILES string of the molecule is CN(Cc1nnnn1C1CC1)[C@H]1CCc2ccccc21. The van der Waals surface area contributed by atoms with Gasteiger partial charge in [-0.1, -0.05) is 24.3 Å². The van der Waals surface area contributed by atoms with E-state index in [1.54, 1.807) is 0 Å². The summed E-state index contributed by atoms with van der Waals surface area (Å²) in [5.41, 5.74) is 2.96. The summed E-state index contributed by atoms with van der Waals surface area (Å²) in [6.45, 7) is 0.822. The van der Waals surface area contributed by atoms with Crippen molar-refractivity contribution in [3.63, 3.8) is 0 Å². The molecule has 0 spiro atoms. The molecule has 1 heterocycles. The van der Waals surface area contributed by atoms with Crippen LogP contribution in [-0.4, -0.2) is 32.2 Å². The molecule has 20 heavy (non-hydrogen) atoms. The molecule has 2 aliphatic carbocycles. The van der Waals surface area contributed by atoms with Crippen molar-refractivity contribution in [3.05, 3.63) is 41.2 Å². The van der Waals surface area contributed by atoms with E-state index in [0.29, 0.717) is 12.1 Å². The Labute approximate surface area is 118 Å². The fraction of sp³-hybridized carbons (Fsp3) is 0.533. The van der Waals surface area contributed by atoms with Crippen molar-refractivity contribution in [2.45, 2.75) is 44.3 Å². The summed E-state index contributed by atoms with van der Waals surface area (Å²) >= 11 is 0. The second kappa shape index (κ2) is 4.66. The Hall–Kier alpha value is -1.75. The van der Waals surface area contributed by atoms with Gasteiger partial charge in [0.15, 0.2) is 5.82 Å². The third-order valence-electron chi connectivity index (χ3n) is 4.48. The number of tetrazole rings is 1. The van der Waals surface area contributed by atoms with Crippen molar-refractivity contribution in [1.29, 1.82) is 0 Å². The minimum Gasteiger partial charge on any atom is -0.292 e. The number of aromatic nitrogens is 4. The molecule has 0 unspecified atom stereocenters. The van der Waals surface area contributed by atoms with Gasteiger partial charge >= 0.3 is 0 Å². The third-order valence-corrected chi connectivity index (χ3v) is 4.48. The van der Waals surface area contributed by atoms with Crippen LogP contribution in [0.4, 0.5) is 0 Å². The molecule has 0 bridgehead atoms. The van der Waals surface area contributed by atoms with E-state index in [9.17, 15) is 0 Å². The molecule has 2 aliphatic rings. The summed E-state index contributed by atoms with van der Waals surface area (Å²) in [5.74, 6) is 0.999. The largest absolute Gasteiger partial charge is 0.292 e. The van der Waals surface area contributed by atoms with Gasteiger partial charge in [0.25, 0.3) is 0 Å². The number of aryl methyl sites for hydroxylation is 1. The third kappa shape index (κ3) is 2.02. The molecule has 5 heteroatoms. The fourth-order valence-electron chi connectivity index (χ4n) is 3.24. The smallest absolute Gasteiger partial charge is 0.165 e. The lowest BCUT2D eigenvalue weighted by Gasteiger charge is -2.24. The molecule has 0 aliphatic heterocycles. The lowest BCUT2D eigenvalue weighted by atomic mass is 10.1. The van der Waals surface area contributed by atoms with Gasteiger partial charge in [-0.2, -0.15) is 0 Å². The molecule has 1 aromatic heterocycles. The molecular formula is C15H19N5. The summed E-state index contributed by atoms with van der Waals surface area (Å²) in [5, 5.41) is 12.2. The van der Waals surface area contributed by atoms with E-state index in [-0.39, 0.29) is 0 Å². The zero-order chi connectivity index (χ0) is 13.5. The Bertz CT molecular complexity index is 616. The number of rotatable bonds is 4. The minimum absolute atomic E-state index is 0.496. The number of fused-ring (bicyclic) bond motifs is 1. The van der Waals surface area contributed by atoms with Crippen molar-refractivity contribution in [3.8, 4) is 0 Å². The van der Waals surface area contributed by atoms with Crippen molar-refractivity contribution in [1.82, 2.24) is 25.1 Å². The van der Waals surface area contributed by atoms with Crippen LogP contribution in [0.1, 0.15) is 48.3 Å². The van der Waals surface area contributed by atoms with Gasteiger partial charge in [0, 0.05) is 6.04 Å². The van der Waals surface area contributed by atoms with Gasteiger partial charge in [0.1, 0.15) is 0 Å². The molecule has 0 saturated heterocycles. The molecule has 2 aromatic rings. The first-order valence-electron chi connectivity index (χ1n) is 7.37. The normalized spacial score (nSPS) is 21.4. The molecule has 1 atom stereocenters. The average molecular weight is 269 g/mol. The average Bonchev–Trinajstić information content (AvgIpc) is 3.05. The van der Waals surface area contributed by atoms with Gasteiger partial charge in [0.2, 0.25) is 0 Å². The van der Waals surface area contributed by atoms with E-state index in [1.807, 2.05) is 4.68 Å². The molecule has 1 aromatic carbocycles. The lowest BCUT2D eigenvalue weighted by molar-refractivity contribution is 0.226. The molecule has 0 amide bonds. The monoisotopic (exact) mass is 269 g/mol. The molecular weight excluding hydrogens is 250 g/mol. The topological polar surface area (TPSA) is 46.8 Å². The maximum Gasteiger partial charge on any atom is 0.165 e. The second-order valence-electron chi connectivity index (χ2n) is 5.94. The lowest BCUT2D eigenvalue weighted by Crippen LogP contribution is -2.24. The molecule has 4 rings (SSSR count). The van der Waals surface area contributed by atoms with Gasteiger partial charge in [-0.15, -0.1) is 5.10 Å². The summed E-state index contributed by atoms with van der Waals surface area (Å²) in [6, 6.07) is 9.82. The Balaban J connectivity index is 1.53. The number of hydrogen-bond acceptors (Lipinski definition) is 4. The van der Waals surface area contributed by atoms with Crippen LogP contribution in [-0.2, 0) is 13.0 Å². The highest BCUT2D eigenvalue weighted by atomic mass is 15.6. The molecule has 0 radical (unpaired) electrons. The first kappa shape index (κ1) is 12.0. The van der Waals surface area contributed by atoms with Crippen LogP contribution in [0.25, 0.3) is 0 Å². The highest BCUT2D eigenvalue weighted by Gasteiger charge is 2.30. The van der Waals surface area contributed by atoms with Crippen LogP contribution in [0.15, 0.2) is 24.3 Å². The first-order chi connectivity index (χ1) is 9.83. The van der Waals surface area contributed by atoms with Gasteiger partial charge in [0.05, 0.1) is 12.6 Å². The summed E-state index contributed by atoms with van der Waals surface area (Å²) in [6.07, 6.45) is 4.81. The Morgan fingerprint density at radius 1 is 1.25 bits per heavy atom. The second-order valence-corrected chi connectivity index (χ2v) is 5.94. The zero-order valence-corrected chi connectivity index (χ0v) is 11.7. The van der Waals surface area contributed by atoms with Crippen LogP contribution < -0.4 is 0 Å². The van der Waals surface area contributed by atoms with Crippen LogP contribution in [0, 0.1) is 0 Å². The predicted molar refractivity (Wildman–Crippen MR) is 75.1 cm³/mol. The number of nitrogens with zero attached hydrogens (tertiary/aromatic N) is 5. The van der Waals surface area contributed by atoms with Crippen molar-refractivity contribution < 1.29 is 0 Å². The molecule has 104 valence electrons. The van der Waals surface area contributed by atoms with Gasteiger partial charge in [-0.3, -0.25) is 4.90 Å². The fourth-order valence-corrected chi connectivity index (χ4v) is 3.24. The minimum atomic E-state index is 0.496. The van der Waals surface area contributed by atoms with Gasteiger partial charge < -0.3 is 0 Å². The Morgan fingerprint density at radius 2 is 2.10 bits per heavy atom. The summed E-state index contributed by atoms with van der Waals surface area (Å²) < 4.78 is 2.01. The van der Waals surface area contributed by atoms with Gasteiger partial charge in [-0.05, 0) is 54.3 Å². The highest BCUT2D eigenvalue weighted by molar-refractivity contribution is 5.34.